The third-order valence-corrected chi connectivity index (χ3v) is 6.37. The molecule has 0 aliphatic carbocycles. The van der Waals surface area contributed by atoms with Crippen molar-refractivity contribution in [3.8, 4) is 16.9 Å². The molecule has 6 nitrogen and oxygen atoms in total. The number of halogens is 3. The maximum absolute atomic E-state index is 13.4. The molecule has 0 saturated heterocycles. The average Bonchev–Trinajstić information content (AvgIpc) is 3.17. The highest BCUT2D eigenvalue weighted by Gasteiger charge is 2.32. The second-order valence-corrected chi connectivity index (χ2v) is 8.74. The van der Waals surface area contributed by atoms with Gasteiger partial charge in [-0.25, -0.2) is 4.98 Å². The molecule has 0 amide bonds. The average molecular weight is 482 g/mol. The van der Waals surface area contributed by atoms with E-state index < -0.39 is 12.4 Å². The fraction of sp³-hybridized carbons (Fsp3) is 0.125. The number of nitrogens with zero attached hydrogens (tertiary/aromatic N) is 3. The van der Waals surface area contributed by atoms with Crippen molar-refractivity contribution in [1.82, 2.24) is 14.5 Å². The summed E-state index contributed by atoms with van der Waals surface area (Å²) in [5.41, 5.74) is 8.50. The van der Waals surface area contributed by atoms with Crippen molar-refractivity contribution in [3.63, 3.8) is 0 Å². The van der Waals surface area contributed by atoms with E-state index in [0.717, 1.165) is 21.3 Å². The molecule has 0 aliphatic heterocycles. The highest BCUT2D eigenvalue weighted by molar-refractivity contribution is 7.22. The molecule has 0 saturated carbocycles. The summed E-state index contributed by atoms with van der Waals surface area (Å²) in [6, 6.07) is 14.1. The van der Waals surface area contributed by atoms with Crippen molar-refractivity contribution in [2.45, 2.75) is 19.3 Å². The molecule has 0 aliphatic rings. The first-order valence-electron chi connectivity index (χ1n) is 10.2. The Kier molecular flexibility index (Phi) is 5.24. The molecule has 0 radical (unpaired) electrons. The fourth-order valence-electron chi connectivity index (χ4n) is 3.92. The van der Waals surface area contributed by atoms with Gasteiger partial charge in [0.1, 0.15) is 5.75 Å². The summed E-state index contributed by atoms with van der Waals surface area (Å²) >= 11 is 1.37. The molecule has 0 bridgehead atoms. The third-order valence-electron chi connectivity index (χ3n) is 5.53. The number of alkyl halides is 3. The number of aromatic nitrogens is 3. The number of pyridine rings is 2. The second-order valence-electron chi connectivity index (χ2n) is 7.68. The van der Waals surface area contributed by atoms with E-state index in [1.807, 2.05) is 18.2 Å². The Morgan fingerprint density at radius 2 is 1.85 bits per heavy atom. The molecule has 0 fully saturated rings. The lowest BCUT2D eigenvalue weighted by atomic mass is 10.0. The quantitative estimate of drug-likeness (QED) is 0.352. The molecule has 5 aromatic rings. The van der Waals surface area contributed by atoms with Crippen molar-refractivity contribution in [2.24, 2.45) is 0 Å². The standard InChI is InChI=1S/C24H17F3N4O2S/c1-13(16-4-2-3-5-20(16)33-24(25,26)27)31-9-8-18-17(22(31)32)10-15(12-29-18)14-6-7-19-21(11-14)34-23(28)30-19/h2-13H,1H3,(H2,28,30). The van der Waals surface area contributed by atoms with Crippen LogP contribution in [0.2, 0.25) is 0 Å². The van der Waals surface area contributed by atoms with Crippen molar-refractivity contribution >= 4 is 37.6 Å². The molecule has 34 heavy (non-hydrogen) atoms. The summed E-state index contributed by atoms with van der Waals surface area (Å²) in [5.74, 6) is -0.349. The molecule has 2 aromatic carbocycles. The van der Waals surface area contributed by atoms with Crippen LogP contribution in [-0.2, 0) is 0 Å². The van der Waals surface area contributed by atoms with Crippen LogP contribution >= 0.6 is 11.3 Å². The van der Waals surface area contributed by atoms with E-state index in [2.05, 4.69) is 14.7 Å². The van der Waals surface area contributed by atoms with Gasteiger partial charge in [-0.15, -0.1) is 13.2 Å². The summed E-state index contributed by atoms with van der Waals surface area (Å²) in [7, 11) is 0. The molecular formula is C24H17F3N4O2S. The van der Waals surface area contributed by atoms with Crippen molar-refractivity contribution < 1.29 is 17.9 Å². The van der Waals surface area contributed by atoms with Gasteiger partial charge in [-0.3, -0.25) is 9.78 Å². The van der Waals surface area contributed by atoms with E-state index in [4.69, 9.17) is 5.73 Å². The lowest BCUT2D eigenvalue weighted by molar-refractivity contribution is -0.275. The first kappa shape index (κ1) is 21.9. The van der Waals surface area contributed by atoms with Gasteiger partial charge in [0, 0.05) is 23.5 Å². The molecule has 2 N–H and O–H groups in total. The van der Waals surface area contributed by atoms with E-state index >= 15 is 0 Å². The van der Waals surface area contributed by atoms with Crippen LogP contribution < -0.4 is 16.0 Å². The van der Waals surface area contributed by atoms with Crippen molar-refractivity contribution in [3.05, 3.63) is 82.9 Å². The monoisotopic (exact) mass is 482 g/mol. The van der Waals surface area contributed by atoms with Gasteiger partial charge in [-0.2, -0.15) is 0 Å². The smallest absolute Gasteiger partial charge is 0.405 e. The lowest BCUT2D eigenvalue weighted by Crippen LogP contribution is -2.25. The Labute approximate surface area is 195 Å². The van der Waals surface area contributed by atoms with E-state index in [1.165, 1.54) is 40.3 Å². The van der Waals surface area contributed by atoms with Gasteiger partial charge in [0.05, 0.1) is 27.2 Å². The number of nitrogen functional groups attached to an aromatic ring is 1. The number of fused-ring (bicyclic) bond motifs is 2. The minimum Gasteiger partial charge on any atom is -0.405 e. The highest BCUT2D eigenvalue weighted by atomic mass is 32.1. The Morgan fingerprint density at radius 1 is 1.06 bits per heavy atom. The van der Waals surface area contributed by atoms with Crippen LogP contribution in [0.15, 0.2) is 71.8 Å². The number of rotatable bonds is 4. The third kappa shape index (κ3) is 4.08. The van der Waals surface area contributed by atoms with Crippen LogP contribution in [-0.4, -0.2) is 20.9 Å². The van der Waals surface area contributed by atoms with Crippen LogP contribution in [0, 0.1) is 0 Å². The number of nitrogens with two attached hydrogens (primary N) is 1. The first-order valence-corrected chi connectivity index (χ1v) is 11.0. The van der Waals surface area contributed by atoms with Crippen LogP contribution in [0.4, 0.5) is 18.3 Å². The zero-order valence-electron chi connectivity index (χ0n) is 17.7. The van der Waals surface area contributed by atoms with Crippen LogP contribution in [0.25, 0.3) is 32.2 Å². The van der Waals surface area contributed by atoms with Gasteiger partial charge in [0.15, 0.2) is 5.13 Å². The van der Waals surface area contributed by atoms with Crippen LogP contribution in [0.1, 0.15) is 18.5 Å². The van der Waals surface area contributed by atoms with E-state index in [0.29, 0.717) is 16.0 Å². The Balaban J connectivity index is 1.59. The van der Waals surface area contributed by atoms with E-state index in [9.17, 15) is 18.0 Å². The topological polar surface area (TPSA) is 83.0 Å². The molecule has 5 rings (SSSR count). The molecule has 1 atom stereocenters. The predicted octanol–water partition coefficient (Wildman–Crippen LogP) is 5.76. The maximum Gasteiger partial charge on any atom is 0.573 e. The number of benzene rings is 2. The number of para-hydroxylation sites is 1. The molecule has 3 heterocycles. The molecule has 10 heteroatoms. The normalized spacial score (nSPS) is 12.8. The van der Waals surface area contributed by atoms with Gasteiger partial charge in [0.2, 0.25) is 0 Å². The fourth-order valence-corrected chi connectivity index (χ4v) is 4.69. The Morgan fingerprint density at radius 3 is 2.65 bits per heavy atom. The summed E-state index contributed by atoms with van der Waals surface area (Å²) in [6.07, 6.45) is -1.64. The number of hydrogen-bond donors (Lipinski definition) is 1. The highest BCUT2D eigenvalue weighted by Crippen LogP contribution is 2.32. The van der Waals surface area contributed by atoms with Gasteiger partial charge >= 0.3 is 6.36 Å². The molecular weight excluding hydrogens is 465 g/mol. The molecule has 0 spiro atoms. The first-order chi connectivity index (χ1) is 16.2. The summed E-state index contributed by atoms with van der Waals surface area (Å²) in [4.78, 5) is 22.0. The largest absolute Gasteiger partial charge is 0.573 e. The zero-order valence-corrected chi connectivity index (χ0v) is 18.5. The second kappa shape index (κ2) is 8.14. The number of thiazole rings is 1. The van der Waals surface area contributed by atoms with Gasteiger partial charge in [-0.05, 0) is 42.8 Å². The molecule has 1 unspecified atom stereocenters. The van der Waals surface area contributed by atoms with Gasteiger partial charge < -0.3 is 15.0 Å². The van der Waals surface area contributed by atoms with Crippen LogP contribution in [0.5, 0.6) is 5.75 Å². The number of anilines is 1. The molecule has 3 aromatic heterocycles. The van der Waals surface area contributed by atoms with Crippen molar-refractivity contribution in [2.75, 3.05) is 5.73 Å². The summed E-state index contributed by atoms with van der Waals surface area (Å²) < 4.78 is 45.1. The predicted molar refractivity (Wildman–Crippen MR) is 126 cm³/mol. The van der Waals surface area contributed by atoms with Crippen LogP contribution in [0.3, 0.4) is 0 Å². The summed E-state index contributed by atoms with van der Waals surface area (Å²) in [5, 5.41) is 0.820. The van der Waals surface area contributed by atoms with E-state index in [1.54, 1.807) is 31.3 Å². The van der Waals surface area contributed by atoms with Gasteiger partial charge in [-0.1, -0.05) is 35.6 Å². The SMILES string of the molecule is CC(c1ccccc1OC(F)(F)F)n1ccc2ncc(-c3ccc4nc(N)sc4c3)cc2c1=O. The summed E-state index contributed by atoms with van der Waals surface area (Å²) in [6.45, 7) is 1.64. The van der Waals surface area contributed by atoms with Gasteiger partial charge in [0.25, 0.3) is 5.56 Å². The zero-order chi connectivity index (χ0) is 24.0. The number of hydrogen-bond acceptors (Lipinski definition) is 6. The molecule has 172 valence electrons. The Hall–Kier alpha value is -3.92. The number of ether oxygens (including phenoxy) is 1. The minimum absolute atomic E-state index is 0.235. The van der Waals surface area contributed by atoms with Crippen molar-refractivity contribution in [1.29, 1.82) is 0 Å². The Bertz CT molecular complexity index is 1590. The van der Waals surface area contributed by atoms with E-state index in [-0.39, 0.29) is 16.9 Å². The lowest BCUT2D eigenvalue weighted by Gasteiger charge is -2.20. The maximum atomic E-state index is 13.4. The minimum atomic E-state index is -4.84.